The summed E-state index contributed by atoms with van der Waals surface area (Å²) in [5, 5.41) is 9.82. The van der Waals surface area contributed by atoms with Crippen molar-refractivity contribution in [2.24, 2.45) is 0 Å². The van der Waals surface area contributed by atoms with Crippen molar-refractivity contribution < 1.29 is 0 Å². The minimum absolute atomic E-state index is 0.0497. The van der Waals surface area contributed by atoms with Gasteiger partial charge in [0, 0.05) is 23.7 Å². The number of nitriles is 1. The summed E-state index contributed by atoms with van der Waals surface area (Å²) in [6, 6.07) is 15.1. The van der Waals surface area contributed by atoms with E-state index in [0.29, 0.717) is 17.8 Å². The van der Waals surface area contributed by atoms with Crippen molar-refractivity contribution in [3.8, 4) is 17.2 Å². The van der Waals surface area contributed by atoms with Gasteiger partial charge in [-0.2, -0.15) is 5.26 Å². The molecule has 0 atom stereocenters. The zero-order valence-corrected chi connectivity index (χ0v) is 11.6. The first-order valence-electron chi connectivity index (χ1n) is 6.73. The van der Waals surface area contributed by atoms with E-state index in [2.05, 4.69) is 4.98 Å². The molecule has 0 saturated carbocycles. The molecule has 4 nitrogen and oxygen atoms in total. The molecule has 0 N–H and O–H groups in total. The van der Waals surface area contributed by atoms with Gasteiger partial charge >= 0.3 is 0 Å². The van der Waals surface area contributed by atoms with E-state index in [1.165, 1.54) is 0 Å². The second-order valence-corrected chi connectivity index (χ2v) is 4.71. The number of aryl methyl sites for hydroxylation is 1. The van der Waals surface area contributed by atoms with E-state index in [1.54, 1.807) is 16.8 Å². The summed E-state index contributed by atoms with van der Waals surface area (Å²) in [5.41, 5.74) is 2.55. The Kier molecular flexibility index (Phi) is 3.25. The summed E-state index contributed by atoms with van der Waals surface area (Å²) >= 11 is 0. The monoisotopic (exact) mass is 275 g/mol. The fourth-order valence-electron chi connectivity index (χ4n) is 2.47. The highest BCUT2D eigenvalue weighted by Gasteiger charge is 2.10. The topological polar surface area (TPSA) is 58.7 Å². The molecule has 0 unspecified atom stereocenters. The Balaban J connectivity index is 2.38. The third kappa shape index (κ3) is 2.19. The van der Waals surface area contributed by atoms with Gasteiger partial charge in [-0.25, -0.2) is 4.98 Å². The van der Waals surface area contributed by atoms with Crippen molar-refractivity contribution in [3.63, 3.8) is 0 Å². The second kappa shape index (κ2) is 5.22. The van der Waals surface area contributed by atoms with Gasteiger partial charge in [0.05, 0.1) is 5.52 Å². The molecule has 3 rings (SSSR count). The van der Waals surface area contributed by atoms with Crippen molar-refractivity contribution in [3.05, 3.63) is 64.7 Å². The number of hydrogen-bond acceptors (Lipinski definition) is 3. The lowest BCUT2D eigenvalue weighted by atomic mass is 10.1. The maximum atomic E-state index is 12.7. The van der Waals surface area contributed by atoms with Crippen LogP contribution in [0.2, 0.25) is 0 Å². The van der Waals surface area contributed by atoms with Crippen LogP contribution in [0.1, 0.15) is 12.6 Å². The minimum Gasteiger partial charge on any atom is -0.308 e. The number of aromatic nitrogens is 2. The van der Waals surface area contributed by atoms with Crippen LogP contribution in [-0.4, -0.2) is 9.55 Å². The molecular formula is C17H13N3O. The SMILES string of the molecule is CCn1c(=O)c(-c2ccccc2)cc2cnc(C#N)cc21. The Morgan fingerprint density at radius 1 is 1.24 bits per heavy atom. The molecule has 0 saturated heterocycles. The first-order valence-corrected chi connectivity index (χ1v) is 6.73. The van der Waals surface area contributed by atoms with Gasteiger partial charge in [-0.3, -0.25) is 4.79 Å². The molecule has 2 heterocycles. The van der Waals surface area contributed by atoms with E-state index in [0.717, 1.165) is 16.5 Å². The molecule has 0 amide bonds. The zero-order chi connectivity index (χ0) is 14.8. The van der Waals surface area contributed by atoms with Gasteiger partial charge < -0.3 is 4.57 Å². The van der Waals surface area contributed by atoms with E-state index in [9.17, 15) is 4.79 Å². The predicted molar refractivity (Wildman–Crippen MR) is 81.8 cm³/mol. The number of benzene rings is 1. The number of nitrogens with zero attached hydrogens (tertiary/aromatic N) is 3. The quantitative estimate of drug-likeness (QED) is 0.722. The maximum Gasteiger partial charge on any atom is 0.258 e. The van der Waals surface area contributed by atoms with Crippen LogP contribution < -0.4 is 5.56 Å². The Labute approximate surface area is 121 Å². The van der Waals surface area contributed by atoms with Crippen molar-refractivity contribution in [2.75, 3.05) is 0 Å². The molecule has 0 bridgehead atoms. The van der Waals surface area contributed by atoms with E-state index in [4.69, 9.17) is 5.26 Å². The maximum absolute atomic E-state index is 12.7. The number of hydrogen-bond donors (Lipinski definition) is 0. The van der Waals surface area contributed by atoms with E-state index in [1.807, 2.05) is 49.4 Å². The summed E-state index contributed by atoms with van der Waals surface area (Å²) in [5.74, 6) is 0. The summed E-state index contributed by atoms with van der Waals surface area (Å²) in [6.45, 7) is 2.47. The second-order valence-electron chi connectivity index (χ2n) is 4.71. The lowest BCUT2D eigenvalue weighted by Gasteiger charge is -2.11. The smallest absolute Gasteiger partial charge is 0.258 e. The molecule has 0 aliphatic heterocycles. The molecule has 102 valence electrons. The van der Waals surface area contributed by atoms with Crippen LogP contribution in [-0.2, 0) is 6.54 Å². The van der Waals surface area contributed by atoms with Crippen LogP contribution in [0.3, 0.4) is 0 Å². The van der Waals surface area contributed by atoms with Crippen LogP contribution in [0.4, 0.5) is 0 Å². The molecule has 4 heteroatoms. The van der Waals surface area contributed by atoms with E-state index >= 15 is 0 Å². The molecule has 1 aromatic carbocycles. The molecular weight excluding hydrogens is 262 g/mol. The fourth-order valence-corrected chi connectivity index (χ4v) is 2.47. The van der Waals surface area contributed by atoms with Gasteiger partial charge in [0.2, 0.25) is 0 Å². The molecule has 21 heavy (non-hydrogen) atoms. The van der Waals surface area contributed by atoms with Crippen LogP contribution in [0.25, 0.3) is 22.0 Å². The summed E-state index contributed by atoms with van der Waals surface area (Å²) in [7, 11) is 0. The third-order valence-corrected chi connectivity index (χ3v) is 3.49. The number of rotatable bonds is 2. The van der Waals surface area contributed by atoms with E-state index < -0.39 is 0 Å². The van der Waals surface area contributed by atoms with Crippen LogP contribution in [0.5, 0.6) is 0 Å². The number of fused-ring (bicyclic) bond motifs is 1. The lowest BCUT2D eigenvalue weighted by molar-refractivity contribution is 0.761. The summed E-state index contributed by atoms with van der Waals surface area (Å²) in [4.78, 5) is 16.8. The first kappa shape index (κ1) is 13.1. The highest BCUT2D eigenvalue weighted by molar-refractivity contribution is 5.84. The van der Waals surface area contributed by atoms with E-state index in [-0.39, 0.29) is 5.56 Å². The Bertz CT molecular complexity index is 905. The molecule has 0 spiro atoms. The molecule has 3 aromatic rings. The van der Waals surface area contributed by atoms with Crippen LogP contribution in [0.15, 0.2) is 53.5 Å². The van der Waals surface area contributed by atoms with Gasteiger partial charge in [-0.05, 0) is 24.6 Å². The Morgan fingerprint density at radius 3 is 2.67 bits per heavy atom. The van der Waals surface area contributed by atoms with Gasteiger partial charge in [0.15, 0.2) is 0 Å². The molecule has 0 aliphatic carbocycles. The van der Waals surface area contributed by atoms with Crippen molar-refractivity contribution in [1.29, 1.82) is 5.26 Å². The average molecular weight is 275 g/mol. The highest BCUT2D eigenvalue weighted by Crippen LogP contribution is 2.21. The summed E-state index contributed by atoms with van der Waals surface area (Å²) < 4.78 is 1.68. The summed E-state index contributed by atoms with van der Waals surface area (Å²) in [6.07, 6.45) is 1.64. The van der Waals surface area contributed by atoms with Crippen molar-refractivity contribution >= 4 is 10.9 Å². The zero-order valence-electron chi connectivity index (χ0n) is 11.6. The Hall–Kier alpha value is -2.93. The van der Waals surface area contributed by atoms with Gasteiger partial charge in [-0.1, -0.05) is 30.3 Å². The molecule has 0 radical (unpaired) electrons. The normalized spacial score (nSPS) is 10.5. The van der Waals surface area contributed by atoms with Crippen molar-refractivity contribution in [2.45, 2.75) is 13.5 Å². The standard InChI is InChI=1S/C17H13N3O/c1-2-20-16-9-14(10-18)19-11-13(16)8-15(17(20)21)12-6-4-3-5-7-12/h3-9,11H,2H2,1H3. The highest BCUT2D eigenvalue weighted by atomic mass is 16.1. The largest absolute Gasteiger partial charge is 0.308 e. The van der Waals surface area contributed by atoms with Crippen molar-refractivity contribution in [1.82, 2.24) is 9.55 Å². The molecule has 0 aliphatic rings. The third-order valence-electron chi connectivity index (χ3n) is 3.49. The molecule has 2 aromatic heterocycles. The number of pyridine rings is 2. The van der Waals surface area contributed by atoms with Crippen LogP contribution in [0, 0.1) is 11.3 Å². The van der Waals surface area contributed by atoms with Crippen LogP contribution >= 0.6 is 0 Å². The van der Waals surface area contributed by atoms with Gasteiger partial charge in [-0.15, -0.1) is 0 Å². The molecule has 0 fully saturated rings. The first-order chi connectivity index (χ1) is 10.2. The lowest BCUT2D eigenvalue weighted by Crippen LogP contribution is -2.21. The van der Waals surface area contributed by atoms with Gasteiger partial charge in [0.1, 0.15) is 11.8 Å². The fraction of sp³-hybridized carbons (Fsp3) is 0.118. The predicted octanol–water partition coefficient (Wildman–Crippen LogP) is 2.96. The van der Waals surface area contributed by atoms with Gasteiger partial charge in [0.25, 0.3) is 5.56 Å². The average Bonchev–Trinajstić information content (AvgIpc) is 2.54. The minimum atomic E-state index is -0.0497. The Morgan fingerprint density at radius 2 is 2.00 bits per heavy atom.